The number of hydrogen-bond donors (Lipinski definition) is 2. The maximum atomic E-state index is 14.6. The molecular weight excluding hydrogens is 401 g/mol. The second-order valence-electron chi connectivity index (χ2n) is 7.78. The molecule has 0 bridgehead atoms. The zero-order chi connectivity index (χ0) is 22.3. The van der Waals surface area contributed by atoms with E-state index in [1.165, 1.54) is 6.07 Å². The first kappa shape index (κ1) is 21.7. The van der Waals surface area contributed by atoms with E-state index >= 15 is 0 Å². The molecule has 2 N–H and O–H groups in total. The Bertz CT molecular complexity index is 1170. The average molecular weight is 428 g/mol. The highest BCUT2D eigenvalue weighted by molar-refractivity contribution is 5.55. The van der Waals surface area contributed by atoms with Crippen LogP contribution in [0.2, 0.25) is 0 Å². The minimum atomic E-state index is -0.193. The first-order valence-electron chi connectivity index (χ1n) is 10.7. The van der Waals surface area contributed by atoms with Gasteiger partial charge in [-0.2, -0.15) is 0 Å². The highest BCUT2D eigenvalue weighted by atomic mass is 19.1. The van der Waals surface area contributed by atoms with Crippen LogP contribution in [-0.2, 0) is 19.3 Å². The van der Waals surface area contributed by atoms with Crippen LogP contribution in [0.3, 0.4) is 0 Å². The maximum Gasteiger partial charge on any atom is 0.227 e. The Morgan fingerprint density at radius 2 is 2.03 bits per heavy atom. The van der Waals surface area contributed by atoms with Crippen molar-refractivity contribution >= 4 is 11.6 Å². The number of aliphatic hydroxyl groups excluding tert-OH is 1. The number of aliphatic hydroxyl groups is 1. The highest BCUT2D eigenvalue weighted by Crippen LogP contribution is 2.37. The fourth-order valence-electron chi connectivity index (χ4n) is 4.06. The van der Waals surface area contributed by atoms with Crippen LogP contribution in [0.5, 0.6) is 0 Å². The van der Waals surface area contributed by atoms with Crippen molar-refractivity contribution in [1.82, 2.24) is 9.97 Å². The maximum absolute atomic E-state index is 14.6. The Balaban J connectivity index is 1.64. The second kappa shape index (κ2) is 10.2. The summed E-state index contributed by atoms with van der Waals surface area (Å²) in [4.78, 5) is 9.26. The number of rotatable bonds is 7. The van der Waals surface area contributed by atoms with Crippen molar-refractivity contribution in [2.45, 2.75) is 25.2 Å². The monoisotopic (exact) mass is 427 g/mol. The molecule has 32 heavy (non-hydrogen) atoms. The number of halogens is 1. The molecule has 1 aromatic heterocycles. The topological polar surface area (TPSA) is 58.0 Å². The van der Waals surface area contributed by atoms with Gasteiger partial charge >= 0.3 is 0 Å². The van der Waals surface area contributed by atoms with Crippen LogP contribution in [0.25, 0.3) is 0 Å². The highest BCUT2D eigenvalue weighted by Gasteiger charge is 2.27. The van der Waals surface area contributed by atoms with Crippen LogP contribution in [0.15, 0.2) is 91.2 Å². The van der Waals surface area contributed by atoms with Gasteiger partial charge in [0.15, 0.2) is 0 Å². The number of benzene rings is 2. The molecule has 4 rings (SSSR count). The van der Waals surface area contributed by atoms with Crippen molar-refractivity contribution in [1.29, 1.82) is 0 Å². The van der Waals surface area contributed by atoms with Crippen molar-refractivity contribution in [3.05, 3.63) is 119 Å². The predicted octanol–water partition coefficient (Wildman–Crippen LogP) is 5.45. The summed E-state index contributed by atoms with van der Waals surface area (Å²) in [6.07, 6.45) is 11.3. The first-order chi connectivity index (χ1) is 15.7. The molecule has 0 radical (unpaired) electrons. The van der Waals surface area contributed by atoms with Gasteiger partial charge < -0.3 is 10.4 Å². The number of nitrogens with zero attached hydrogens (tertiary/aromatic N) is 2. The molecule has 0 fully saturated rings. The van der Waals surface area contributed by atoms with Gasteiger partial charge in [-0.3, -0.25) is 0 Å². The van der Waals surface area contributed by atoms with Gasteiger partial charge in [0.25, 0.3) is 0 Å². The van der Waals surface area contributed by atoms with E-state index in [9.17, 15) is 9.50 Å². The van der Waals surface area contributed by atoms with Crippen molar-refractivity contribution in [3.63, 3.8) is 0 Å². The third-order valence-corrected chi connectivity index (χ3v) is 5.62. The van der Waals surface area contributed by atoms with E-state index in [1.807, 2.05) is 60.8 Å². The lowest BCUT2D eigenvalue weighted by atomic mass is 9.78. The van der Waals surface area contributed by atoms with Crippen LogP contribution in [0, 0.1) is 5.82 Å². The number of anilines is 2. The van der Waals surface area contributed by atoms with Gasteiger partial charge in [0.1, 0.15) is 5.82 Å². The summed E-state index contributed by atoms with van der Waals surface area (Å²) >= 11 is 0. The molecule has 0 spiro atoms. The summed E-state index contributed by atoms with van der Waals surface area (Å²) in [5.74, 6) is 0.271. The SMILES string of the molecule is C=C/C=C\C=C1/Cc2nc(Nc3cccc(CCO)c3)ncc2C[C@H]1c1ccccc1F. The molecule has 0 saturated heterocycles. The average Bonchev–Trinajstić information content (AvgIpc) is 2.80. The zero-order valence-electron chi connectivity index (χ0n) is 17.8. The van der Waals surface area contributed by atoms with E-state index in [0.29, 0.717) is 30.8 Å². The van der Waals surface area contributed by atoms with Crippen molar-refractivity contribution in [2.75, 3.05) is 11.9 Å². The van der Waals surface area contributed by atoms with E-state index in [1.54, 1.807) is 12.1 Å². The summed E-state index contributed by atoms with van der Waals surface area (Å²) in [5, 5.41) is 12.4. The molecule has 0 aliphatic heterocycles. The lowest BCUT2D eigenvalue weighted by molar-refractivity contribution is 0.299. The van der Waals surface area contributed by atoms with E-state index in [2.05, 4.69) is 16.9 Å². The molecule has 1 aliphatic rings. The van der Waals surface area contributed by atoms with Crippen LogP contribution in [0.1, 0.15) is 28.3 Å². The molecule has 0 amide bonds. The quantitative estimate of drug-likeness (QED) is 0.493. The molecule has 1 aliphatic carbocycles. The molecule has 5 heteroatoms. The molecule has 0 unspecified atom stereocenters. The smallest absolute Gasteiger partial charge is 0.227 e. The third kappa shape index (κ3) is 5.01. The van der Waals surface area contributed by atoms with Gasteiger partial charge in [-0.25, -0.2) is 14.4 Å². The number of fused-ring (bicyclic) bond motifs is 1. The predicted molar refractivity (Wildman–Crippen MR) is 127 cm³/mol. The largest absolute Gasteiger partial charge is 0.396 e. The van der Waals surface area contributed by atoms with E-state index in [0.717, 1.165) is 28.1 Å². The lowest BCUT2D eigenvalue weighted by Crippen LogP contribution is -2.19. The first-order valence-corrected chi connectivity index (χ1v) is 10.7. The number of aromatic nitrogens is 2. The summed E-state index contributed by atoms with van der Waals surface area (Å²) < 4.78 is 14.6. The van der Waals surface area contributed by atoms with Gasteiger partial charge in [0.2, 0.25) is 5.95 Å². The Morgan fingerprint density at radius 3 is 2.84 bits per heavy atom. The Morgan fingerprint density at radius 1 is 1.16 bits per heavy atom. The Labute approximate surface area is 187 Å². The van der Waals surface area contributed by atoms with E-state index < -0.39 is 0 Å². The standard InChI is InChI=1S/C27H26FN3O/c1-2-3-4-9-20-17-26-21(16-24(20)23-11-5-6-12-25(23)28)18-29-27(31-26)30-22-10-7-8-19(15-22)13-14-32/h2-12,15,18,24,32H,1,13-14,16-17H2,(H,29,30,31)/b4-3-,20-9+/t24-/m1/s1. The van der Waals surface area contributed by atoms with Crippen LogP contribution in [0.4, 0.5) is 16.0 Å². The summed E-state index contributed by atoms with van der Waals surface area (Å²) in [6, 6.07) is 14.8. The molecule has 1 heterocycles. The number of hydrogen-bond acceptors (Lipinski definition) is 4. The number of allylic oxidation sites excluding steroid dienone is 5. The molecule has 1 atom stereocenters. The van der Waals surface area contributed by atoms with Gasteiger partial charge in [-0.15, -0.1) is 0 Å². The van der Waals surface area contributed by atoms with Gasteiger partial charge in [0, 0.05) is 30.8 Å². The Hall–Kier alpha value is -3.57. The van der Waals surface area contributed by atoms with Crippen molar-refractivity contribution in [2.24, 2.45) is 0 Å². The fraction of sp³-hybridized carbons (Fsp3) is 0.185. The van der Waals surface area contributed by atoms with Crippen LogP contribution < -0.4 is 5.32 Å². The zero-order valence-corrected chi connectivity index (χ0v) is 17.8. The summed E-state index contributed by atoms with van der Waals surface area (Å²) in [7, 11) is 0. The van der Waals surface area contributed by atoms with Gasteiger partial charge in [-0.1, -0.05) is 66.8 Å². The second-order valence-corrected chi connectivity index (χ2v) is 7.78. The van der Waals surface area contributed by atoms with Crippen LogP contribution >= 0.6 is 0 Å². The summed E-state index contributed by atoms with van der Waals surface area (Å²) in [6.45, 7) is 3.83. The Kier molecular flexibility index (Phi) is 6.87. The normalized spacial score (nSPS) is 16.8. The minimum Gasteiger partial charge on any atom is -0.396 e. The minimum absolute atomic E-state index is 0.0595. The molecular formula is C27H26FN3O. The fourth-order valence-corrected chi connectivity index (χ4v) is 4.06. The van der Waals surface area contributed by atoms with Crippen molar-refractivity contribution in [3.8, 4) is 0 Å². The van der Waals surface area contributed by atoms with Gasteiger partial charge in [0.05, 0.1) is 5.69 Å². The molecule has 0 saturated carbocycles. The summed E-state index contributed by atoms with van der Waals surface area (Å²) in [5.41, 5.74) is 5.69. The van der Waals surface area contributed by atoms with Crippen molar-refractivity contribution < 1.29 is 9.50 Å². The van der Waals surface area contributed by atoms with E-state index in [-0.39, 0.29) is 18.3 Å². The lowest BCUT2D eigenvalue weighted by Gasteiger charge is -2.28. The molecule has 3 aromatic rings. The van der Waals surface area contributed by atoms with Crippen LogP contribution in [-0.4, -0.2) is 21.7 Å². The molecule has 2 aromatic carbocycles. The van der Waals surface area contributed by atoms with Gasteiger partial charge in [-0.05, 0) is 47.7 Å². The van der Waals surface area contributed by atoms with E-state index in [4.69, 9.17) is 4.98 Å². The molecule has 162 valence electrons. The third-order valence-electron chi connectivity index (χ3n) is 5.62. The molecule has 4 nitrogen and oxygen atoms in total. The number of nitrogens with one attached hydrogen (secondary N) is 1.